The first-order valence-corrected chi connectivity index (χ1v) is 11.2. The number of amides is 1. The van der Waals surface area contributed by atoms with Crippen LogP contribution in [0, 0.1) is 17.6 Å². The molecule has 0 bridgehead atoms. The van der Waals surface area contributed by atoms with Crippen molar-refractivity contribution in [3.8, 4) is 5.75 Å². The van der Waals surface area contributed by atoms with E-state index in [4.69, 9.17) is 4.74 Å². The number of thioether (sulfide) groups is 1. The van der Waals surface area contributed by atoms with Crippen molar-refractivity contribution >= 4 is 22.7 Å². The van der Waals surface area contributed by atoms with Crippen LogP contribution in [0.2, 0.25) is 0 Å². The van der Waals surface area contributed by atoms with Crippen LogP contribution in [0.1, 0.15) is 38.3 Å². The normalized spacial score (nSPS) is 21.7. The lowest BCUT2D eigenvalue weighted by Gasteiger charge is -2.45. The van der Waals surface area contributed by atoms with Crippen molar-refractivity contribution in [1.29, 1.82) is 0 Å². The lowest BCUT2D eigenvalue weighted by Crippen LogP contribution is -2.51. The van der Waals surface area contributed by atoms with E-state index in [9.17, 15) is 13.6 Å². The predicted molar refractivity (Wildman–Crippen MR) is 120 cm³/mol. The molecule has 2 unspecified atom stereocenters. The van der Waals surface area contributed by atoms with Crippen LogP contribution in [-0.2, 0) is 9.67 Å². The Morgan fingerprint density at radius 3 is 2.74 bits per heavy atom. The maximum atomic E-state index is 14.5. The molecule has 2 atom stereocenters. The summed E-state index contributed by atoms with van der Waals surface area (Å²) in [5.41, 5.74) is 0.859. The second-order valence-electron chi connectivity index (χ2n) is 7.05. The third-order valence-electron chi connectivity index (χ3n) is 5.22. The van der Waals surface area contributed by atoms with Crippen molar-refractivity contribution in [2.24, 2.45) is 11.0 Å². The zero-order valence-corrected chi connectivity index (χ0v) is 18.9. The Labute approximate surface area is 185 Å². The van der Waals surface area contributed by atoms with Gasteiger partial charge in [-0.05, 0) is 44.3 Å². The minimum atomic E-state index is -0.883. The smallest absolute Gasteiger partial charge is 0.241 e. The monoisotopic (exact) mass is 447 g/mol. The fraction of sp³-hybridized carbons (Fsp3) is 0.391. The molecule has 0 fully saturated rings. The molecule has 1 spiro atoms. The van der Waals surface area contributed by atoms with E-state index in [2.05, 4.69) is 10.4 Å². The molecule has 166 valence electrons. The number of hydrazone groups is 1. The van der Waals surface area contributed by atoms with Crippen molar-refractivity contribution in [1.82, 2.24) is 10.3 Å². The highest BCUT2D eigenvalue weighted by Gasteiger charge is 2.56. The Balaban J connectivity index is 0.00000132. The number of halogens is 2. The molecule has 2 aromatic carbocycles. The number of rotatable bonds is 4. The van der Waals surface area contributed by atoms with Crippen molar-refractivity contribution in [2.45, 2.75) is 32.1 Å². The summed E-state index contributed by atoms with van der Waals surface area (Å²) in [4.78, 5) is 11.8. The second-order valence-corrected chi connectivity index (χ2v) is 8.27. The van der Waals surface area contributed by atoms with E-state index < -0.39 is 16.5 Å². The number of hydrogen-bond acceptors (Lipinski definition) is 5. The molecule has 2 aliphatic heterocycles. The summed E-state index contributed by atoms with van der Waals surface area (Å²) in [6.07, 6.45) is 0.718. The maximum absolute atomic E-state index is 14.5. The van der Waals surface area contributed by atoms with Gasteiger partial charge in [-0.3, -0.25) is 4.79 Å². The Morgan fingerprint density at radius 1 is 1.29 bits per heavy atom. The largest absolute Gasteiger partial charge is 0.493 e. The lowest BCUT2D eigenvalue weighted by atomic mass is 9.86. The van der Waals surface area contributed by atoms with Crippen LogP contribution in [0.3, 0.4) is 0 Å². The van der Waals surface area contributed by atoms with E-state index in [1.165, 1.54) is 23.7 Å². The van der Waals surface area contributed by atoms with Gasteiger partial charge in [0.15, 0.2) is 4.87 Å². The molecular weight excluding hydrogens is 420 g/mol. The highest BCUT2D eigenvalue weighted by atomic mass is 32.2. The van der Waals surface area contributed by atoms with E-state index in [0.717, 1.165) is 30.2 Å². The quantitative estimate of drug-likeness (QED) is 0.737. The van der Waals surface area contributed by atoms with Crippen molar-refractivity contribution < 1.29 is 18.3 Å². The number of para-hydroxylation sites is 1. The van der Waals surface area contributed by atoms with E-state index in [-0.39, 0.29) is 22.4 Å². The number of benzene rings is 2. The third-order valence-corrected chi connectivity index (χ3v) is 6.76. The number of hydrogen-bond donors (Lipinski definition) is 1. The molecule has 0 radical (unpaired) electrons. The van der Waals surface area contributed by atoms with Crippen LogP contribution in [-0.4, -0.2) is 36.2 Å². The van der Waals surface area contributed by atoms with Gasteiger partial charge < -0.3 is 10.1 Å². The molecule has 5 nitrogen and oxygen atoms in total. The minimum Gasteiger partial charge on any atom is -0.493 e. The van der Waals surface area contributed by atoms with Gasteiger partial charge in [-0.1, -0.05) is 43.8 Å². The maximum Gasteiger partial charge on any atom is 0.241 e. The number of nitrogens with one attached hydrogen (secondary N) is 1. The number of carbonyl (C=O) groups excluding carboxylic acids is 1. The van der Waals surface area contributed by atoms with Crippen LogP contribution in [0.5, 0.6) is 5.75 Å². The molecule has 2 heterocycles. The summed E-state index contributed by atoms with van der Waals surface area (Å²) in [5, 5.41) is 9.30. The average Bonchev–Trinajstić information content (AvgIpc) is 3.18. The second kappa shape index (κ2) is 9.78. The molecule has 0 aliphatic carbocycles. The fourth-order valence-electron chi connectivity index (χ4n) is 3.89. The standard InChI is InChI=1S/C21H21F2N3O2S.C2H6/c1-13(27)26-21(29-20(25-26)16-11-15(22)7-8-18(16)23)14(9-10-24-2)12-28-19-6-4-3-5-17(19)21;1-2/h3-8,11,14,24H,9-10,12H2,1-2H3;1-2H3. The van der Waals surface area contributed by atoms with Crippen LogP contribution >= 0.6 is 11.8 Å². The van der Waals surface area contributed by atoms with E-state index in [1.807, 2.05) is 45.2 Å². The fourth-order valence-corrected chi connectivity index (χ4v) is 5.46. The molecule has 31 heavy (non-hydrogen) atoms. The van der Waals surface area contributed by atoms with Crippen LogP contribution < -0.4 is 10.1 Å². The van der Waals surface area contributed by atoms with Gasteiger partial charge in [0.1, 0.15) is 22.4 Å². The van der Waals surface area contributed by atoms with Crippen LogP contribution in [0.4, 0.5) is 8.78 Å². The minimum absolute atomic E-state index is 0.0504. The molecular formula is C23H27F2N3O2S. The molecule has 2 aliphatic rings. The highest BCUT2D eigenvalue weighted by molar-refractivity contribution is 8.15. The van der Waals surface area contributed by atoms with Gasteiger partial charge >= 0.3 is 0 Å². The number of nitrogens with zero attached hydrogens (tertiary/aromatic N) is 2. The SMILES string of the molecule is CC.CNCCC1COc2ccccc2C12SC(c1cc(F)ccc1F)=NN2C(C)=O. The number of fused-ring (bicyclic) bond motifs is 2. The van der Waals surface area contributed by atoms with Gasteiger partial charge in [0.05, 0.1) is 6.61 Å². The zero-order chi connectivity index (χ0) is 22.6. The molecule has 2 aromatic rings. The number of carbonyl (C=O) groups is 1. The molecule has 1 amide bonds. The number of ether oxygens (including phenoxy) is 1. The van der Waals surface area contributed by atoms with Gasteiger partial charge in [0.2, 0.25) is 5.91 Å². The van der Waals surface area contributed by atoms with Crippen molar-refractivity contribution in [2.75, 3.05) is 20.2 Å². The van der Waals surface area contributed by atoms with Crippen LogP contribution in [0.15, 0.2) is 47.6 Å². The Kier molecular flexibility index (Phi) is 7.33. The Hall–Kier alpha value is -2.45. The van der Waals surface area contributed by atoms with Crippen molar-refractivity contribution in [3.05, 3.63) is 65.2 Å². The first-order valence-electron chi connectivity index (χ1n) is 10.4. The third kappa shape index (κ3) is 4.19. The summed E-state index contributed by atoms with van der Waals surface area (Å²) >= 11 is 1.29. The zero-order valence-electron chi connectivity index (χ0n) is 18.1. The van der Waals surface area contributed by atoms with E-state index in [0.29, 0.717) is 18.9 Å². The lowest BCUT2D eigenvalue weighted by molar-refractivity contribution is -0.134. The van der Waals surface area contributed by atoms with Gasteiger partial charge in [-0.25, -0.2) is 13.8 Å². The van der Waals surface area contributed by atoms with Gasteiger partial charge in [-0.2, -0.15) is 5.10 Å². The van der Waals surface area contributed by atoms with E-state index in [1.54, 1.807) is 0 Å². The van der Waals surface area contributed by atoms with Gasteiger partial charge in [0, 0.05) is 24.0 Å². The molecule has 8 heteroatoms. The molecule has 0 saturated carbocycles. The van der Waals surface area contributed by atoms with E-state index >= 15 is 0 Å². The Morgan fingerprint density at radius 2 is 2.03 bits per heavy atom. The first kappa shape index (κ1) is 23.2. The Bertz CT molecular complexity index is 985. The summed E-state index contributed by atoms with van der Waals surface area (Å²) in [5.74, 6) is -0.834. The summed E-state index contributed by atoms with van der Waals surface area (Å²) in [6.45, 7) is 6.54. The summed E-state index contributed by atoms with van der Waals surface area (Å²) in [7, 11) is 1.86. The van der Waals surface area contributed by atoms with Crippen molar-refractivity contribution in [3.63, 3.8) is 0 Å². The highest BCUT2D eigenvalue weighted by Crippen LogP contribution is 2.57. The van der Waals surface area contributed by atoms with Gasteiger partial charge in [0.25, 0.3) is 0 Å². The predicted octanol–water partition coefficient (Wildman–Crippen LogP) is 4.72. The average molecular weight is 448 g/mol. The first-order chi connectivity index (χ1) is 15.0. The van der Waals surface area contributed by atoms with Crippen LogP contribution in [0.25, 0.3) is 0 Å². The molecule has 1 N–H and O–H groups in total. The topological polar surface area (TPSA) is 53.9 Å². The molecule has 0 aromatic heterocycles. The summed E-state index contributed by atoms with van der Waals surface area (Å²) in [6, 6.07) is 10.8. The summed E-state index contributed by atoms with van der Waals surface area (Å²) < 4.78 is 34.3. The van der Waals surface area contributed by atoms with Gasteiger partial charge in [-0.15, -0.1) is 0 Å². The molecule has 4 rings (SSSR count). The molecule has 0 saturated heterocycles.